The second kappa shape index (κ2) is 5.98. The van der Waals surface area contributed by atoms with Gasteiger partial charge in [-0.3, -0.25) is 13.8 Å². The number of aliphatic hydroxyl groups is 1. The van der Waals surface area contributed by atoms with Gasteiger partial charge in [0.1, 0.15) is 23.1 Å². The number of benzene rings is 1. The summed E-state index contributed by atoms with van der Waals surface area (Å²) in [6.07, 6.45) is 3.22. The largest absolute Gasteiger partial charge is 0.394 e. The smallest absolute Gasteiger partial charge is 0.278 e. The summed E-state index contributed by atoms with van der Waals surface area (Å²) < 4.78 is 14.2. The fourth-order valence-electron chi connectivity index (χ4n) is 3.64. The average Bonchev–Trinajstić information content (AvgIpc) is 3.14. The molecular formula is C19H19N5O4. The van der Waals surface area contributed by atoms with Crippen LogP contribution >= 0.6 is 0 Å². The Balaban J connectivity index is 1.78. The summed E-state index contributed by atoms with van der Waals surface area (Å²) in [4.78, 5) is 22.2. The third-order valence-electron chi connectivity index (χ3n) is 5.42. The van der Waals surface area contributed by atoms with Gasteiger partial charge in [-0.2, -0.15) is 4.98 Å². The average molecular weight is 381 g/mol. The number of para-hydroxylation sites is 2. The van der Waals surface area contributed by atoms with Gasteiger partial charge < -0.3 is 14.4 Å². The van der Waals surface area contributed by atoms with Crippen LogP contribution in [0.4, 0.5) is 0 Å². The molecule has 5 rings (SSSR count). The van der Waals surface area contributed by atoms with E-state index in [1.807, 2.05) is 24.3 Å². The quantitative estimate of drug-likeness (QED) is 0.562. The fraction of sp³-hybridized carbons (Fsp3) is 0.368. The number of fused-ring (bicyclic) bond motifs is 3. The molecule has 3 heterocycles. The third kappa shape index (κ3) is 2.26. The van der Waals surface area contributed by atoms with Gasteiger partial charge in [0.25, 0.3) is 11.4 Å². The maximum Gasteiger partial charge on any atom is 0.278 e. The lowest BCUT2D eigenvalue weighted by Crippen LogP contribution is -2.27. The predicted molar refractivity (Wildman–Crippen MR) is 100.0 cm³/mol. The van der Waals surface area contributed by atoms with Gasteiger partial charge in [-0.25, -0.2) is 4.98 Å². The molecule has 0 aliphatic heterocycles. The molecular weight excluding hydrogens is 362 g/mol. The molecule has 3 aromatic heterocycles. The van der Waals surface area contributed by atoms with Gasteiger partial charge in [0.15, 0.2) is 0 Å². The van der Waals surface area contributed by atoms with Crippen LogP contribution in [-0.2, 0) is 10.3 Å². The number of rotatable bonds is 5. The number of aromatic nitrogens is 5. The van der Waals surface area contributed by atoms with E-state index < -0.39 is 11.6 Å². The van der Waals surface area contributed by atoms with Crippen molar-refractivity contribution in [3.8, 4) is 11.5 Å². The molecule has 28 heavy (non-hydrogen) atoms. The highest BCUT2D eigenvalue weighted by atomic mass is 16.5. The van der Waals surface area contributed by atoms with Crippen LogP contribution in [0, 0.1) is 0 Å². The molecule has 1 unspecified atom stereocenters. The number of nitrogens with zero attached hydrogens (tertiary/aromatic N) is 5. The second-order valence-corrected chi connectivity index (χ2v) is 7.13. The number of ether oxygens (including phenoxy) is 1. The fourth-order valence-corrected chi connectivity index (χ4v) is 3.64. The minimum absolute atomic E-state index is 0.160. The Hall–Kier alpha value is -3.04. The molecule has 1 atom stereocenters. The Morgan fingerprint density at radius 1 is 1.32 bits per heavy atom. The number of imidazole rings is 1. The zero-order valence-electron chi connectivity index (χ0n) is 15.5. The van der Waals surface area contributed by atoms with E-state index in [0.717, 1.165) is 23.9 Å². The summed E-state index contributed by atoms with van der Waals surface area (Å²) in [5.74, 6) is 0.646. The van der Waals surface area contributed by atoms with Crippen molar-refractivity contribution in [2.45, 2.75) is 31.4 Å². The molecule has 1 fully saturated rings. The lowest BCUT2D eigenvalue weighted by atomic mass is 10.2. The van der Waals surface area contributed by atoms with E-state index in [9.17, 15) is 9.90 Å². The minimum atomic E-state index is -0.515. The first-order valence-corrected chi connectivity index (χ1v) is 9.10. The highest BCUT2D eigenvalue weighted by molar-refractivity contribution is 5.83. The molecule has 1 N–H and O–H groups in total. The van der Waals surface area contributed by atoms with E-state index in [0.29, 0.717) is 17.1 Å². The van der Waals surface area contributed by atoms with Crippen LogP contribution in [0.2, 0.25) is 0 Å². The van der Waals surface area contributed by atoms with Crippen molar-refractivity contribution in [1.82, 2.24) is 24.1 Å². The van der Waals surface area contributed by atoms with Crippen molar-refractivity contribution >= 4 is 16.6 Å². The van der Waals surface area contributed by atoms with Crippen molar-refractivity contribution < 1.29 is 14.4 Å². The summed E-state index contributed by atoms with van der Waals surface area (Å²) in [6, 6.07) is 7.11. The lowest BCUT2D eigenvalue weighted by Gasteiger charge is -2.17. The molecule has 1 aliphatic rings. The van der Waals surface area contributed by atoms with Crippen molar-refractivity contribution in [3.63, 3.8) is 0 Å². The van der Waals surface area contributed by atoms with Crippen molar-refractivity contribution in [3.05, 3.63) is 46.8 Å². The number of hydrogen-bond donors (Lipinski definition) is 1. The monoisotopic (exact) mass is 381 g/mol. The topological polar surface area (TPSA) is 108 Å². The van der Waals surface area contributed by atoms with E-state index >= 15 is 0 Å². The van der Waals surface area contributed by atoms with Crippen molar-refractivity contribution in [2.24, 2.45) is 0 Å². The Morgan fingerprint density at radius 2 is 2.07 bits per heavy atom. The molecule has 0 spiro atoms. The van der Waals surface area contributed by atoms with Crippen LogP contribution < -0.4 is 5.56 Å². The van der Waals surface area contributed by atoms with Crippen LogP contribution in [-0.4, -0.2) is 42.9 Å². The molecule has 9 heteroatoms. The Kier molecular flexibility index (Phi) is 3.65. The third-order valence-corrected chi connectivity index (χ3v) is 5.42. The molecule has 0 bridgehead atoms. The molecule has 0 amide bonds. The number of methoxy groups -OCH3 is 1. The van der Waals surface area contributed by atoms with Gasteiger partial charge in [-0.1, -0.05) is 17.3 Å². The normalized spacial score (nSPS) is 16.7. The number of aliphatic hydroxyl groups excluding tert-OH is 1. The molecule has 0 saturated heterocycles. The zero-order valence-corrected chi connectivity index (χ0v) is 15.5. The van der Waals surface area contributed by atoms with Gasteiger partial charge in [-0.15, -0.1) is 0 Å². The molecule has 144 valence electrons. The van der Waals surface area contributed by atoms with E-state index in [2.05, 4.69) is 15.1 Å². The van der Waals surface area contributed by atoms with Crippen molar-refractivity contribution in [2.75, 3.05) is 13.7 Å². The Labute approximate surface area is 159 Å². The van der Waals surface area contributed by atoms with Crippen molar-refractivity contribution in [1.29, 1.82) is 0 Å². The Bertz CT molecular complexity index is 1250. The van der Waals surface area contributed by atoms with Gasteiger partial charge >= 0.3 is 0 Å². The van der Waals surface area contributed by atoms with Crippen LogP contribution in [0.3, 0.4) is 0 Å². The lowest BCUT2D eigenvalue weighted by molar-refractivity contribution is 0.0492. The molecule has 1 aromatic carbocycles. The summed E-state index contributed by atoms with van der Waals surface area (Å²) in [7, 11) is 1.62. The molecule has 1 saturated carbocycles. The first-order chi connectivity index (χ1) is 13.6. The van der Waals surface area contributed by atoms with Gasteiger partial charge in [0, 0.05) is 7.11 Å². The van der Waals surface area contributed by atoms with E-state index in [-0.39, 0.29) is 18.0 Å². The zero-order chi connectivity index (χ0) is 19.5. The van der Waals surface area contributed by atoms with Crippen LogP contribution in [0.1, 0.15) is 31.7 Å². The first-order valence-electron chi connectivity index (χ1n) is 9.10. The predicted octanol–water partition coefficient (Wildman–Crippen LogP) is 1.89. The highest BCUT2D eigenvalue weighted by Crippen LogP contribution is 2.48. The molecule has 1 aliphatic carbocycles. The molecule has 4 aromatic rings. The van der Waals surface area contributed by atoms with E-state index in [4.69, 9.17) is 9.26 Å². The minimum Gasteiger partial charge on any atom is -0.394 e. The highest BCUT2D eigenvalue weighted by Gasteiger charge is 2.50. The van der Waals surface area contributed by atoms with Crippen LogP contribution in [0.25, 0.3) is 28.1 Å². The van der Waals surface area contributed by atoms with Gasteiger partial charge in [0.05, 0.1) is 23.7 Å². The molecule has 0 radical (unpaired) electrons. The first kappa shape index (κ1) is 17.1. The summed E-state index contributed by atoms with van der Waals surface area (Å²) in [6.45, 7) is 1.63. The van der Waals surface area contributed by atoms with Gasteiger partial charge in [0.2, 0.25) is 5.82 Å². The summed E-state index contributed by atoms with van der Waals surface area (Å²) in [5, 5.41) is 13.7. The maximum absolute atomic E-state index is 13.4. The number of hydrogen-bond acceptors (Lipinski definition) is 7. The SMILES string of the molecule is COC1(c2nc(-c3ncn4c3c(=O)n(C(C)CO)c3ccccc34)no2)CC1. The standard InChI is InChI=1S/C19H19N5O4/c1-11(9-25)24-13-6-4-3-5-12(13)23-10-20-14(15(23)17(24)26)16-21-18(28-22-16)19(27-2)7-8-19/h3-6,10-11,25H,7-9H2,1-2H3. The second-order valence-electron chi connectivity index (χ2n) is 7.13. The Morgan fingerprint density at radius 3 is 2.75 bits per heavy atom. The van der Waals surface area contributed by atoms with Crippen LogP contribution in [0.15, 0.2) is 39.9 Å². The van der Waals surface area contributed by atoms with Crippen LogP contribution in [0.5, 0.6) is 0 Å². The van der Waals surface area contributed by atoms with E-state index in [1.54, 1.807) is 29.3 Å². The van der Waals surface area contributed by atoms with E-state index in [1.165, 1.54) is 0 Å². The summed E-state index contributed by atoms with van der Waals surface area (Å²) in [5.41, 5.74) is 1.42. The summed E-state index contributed by atoms with van der Waals surface area (Å²) >= 11 is 0. The maximum atomic E-state index is 13.4. The van der Waals surface area contributed by atoms with Gasteiger partial charge in [-0.05, 0) is 31.9 Å². The molecule has 9 nitrogen and oxygen atoms in total.